The van der Waals surface area contributed by atoms with E-state index in [0.717, 1.165) is 28.7 Å². The fraction of sp³-hybridized carbons (Fsp3) is 0.0833. The van der Waals surface area contributed by atoms with Crippen LogP contribution < -0.4 is 0 Å². The van der Waals surface area contributed by atoms with Gasteiger partial charge in [0, 0.05) is 17.2 Å². The molecule has 26 heavy (non-hydrogen) atoms. The van der Waals surface area contributed by atoms with Gasteiger partial charge in [-0.1, -0.05) is 31.2 Å². The molecule has 0 amide bonds. The molecule has 0 aliphatic carbocycles. The molecule has 124 valence electrons. The molecule has 2 nitrogen and oxygen atoms in total. The molecular formula is C24H16O2. The molecule has 2 heteroatoms. The van der Waals surface area contributed by atoms with E-state index in [0.29, 0.717) is 0 Å². The van der Waals surface area contributed by atoms with Gasteiger partial charge >= 0.3 is 0 Å². The van der Waals surface area contributed by atoms with Gasteiger partial charge in [0.25, 0.3) is 0 Å². The van der Waals surface area contributed by atoms with Crippen LogP contribution in [-0.2, 0) is 6.42 Å². The molecule has 0 radical (unpaired) electrons. The molecule has 4 aromatic carbocycles. The smallest absolute Gasteiger partial charge is 0.134 e. The number of rotatable bonds is 1. The third kappa shape index (κ3) is 1.81. The summed E-state index contributed by atoms with van der Waals surface area (Å²) < 4.78 is 11.5. The molecule has 6 aromatic rings. The van der Waals surface area contributed by atoms with Gasteiger partial charge in [0.05, 0.1) is 6.26 Å². The molecule has 0 spiro atoms. The zero-order valence-corrected chi connectivity index (χ0v) is 14.4. The number of fused-ring (bicyclic) bond motifs is 7. The molecule has 2 aromatic heterocycles. The Bertz CT molecular complexity index is 1460. The fourth-order valence-electron chi connectivity index (χ4n) is 4.09. The van der Waals surface area contributed by atoms with Crippen molar-refractivity contribution in [3.63, 3.8) is 0 Å². The summed E-state index contributed by atoms with van der Waals surface area (Å²) in [4.78, 5) is 0. The summed E-state index contributed by atoms with van der Waals surface area (Å²) in [7, 11) is 0. The van der Waals surface area contributed by atoms with Crippen molar-refractivity contribution in [3.8, 4) is 0 Å². The lowest BCUT2D eigenvalue weighted by molar-refractivity contribution is 0.557. The molecule has 0 N–H and O–H groups in total. The van der Waals surface area contributed by atoms with Crippen LogP contribution in [0.25, 0.3) is 54.3 Å². The van der Waals surface area contributed by atoms with Crippen molar-refractivity contribution in [2.24, 2.45) is 0 Å². The zero-order chi connectivity index (χ0) is 17.3. The van der Waals surface area contributed by atoms with Gasteiger partial charge in [0.1, 0.15) is 16.9 Å². The highest BCUT2D eigenvalue weighted by Crippen LogP contribution is 2.35. The quantitative estimate of drug-likeness (QED) is 0.297. The predicted molar refractivity (Wildman–Crippen MR) is 108 cm³/mol. The maximum absolute atomic E-state index is 5.94. The molecule has 0 unspecified atom stereocenters. The van der Waals surface area contributed by atoms with Crippen molar-refractivity contribution >= 4 is 54.3 Å². The van der Waals surface area contributed by atoms with Crippen LogP contribution in [-0.4, -0.2) is 0 Å². The maximum Gasteiger partial charge on any atom is 0.134 e. The van der Waals surface area contributed by atoms with Gasteiger partial charge in [0.2, 0.25) is 0 Å². The second kappa shape index (κ2) is 4.89. The van der Waals surface area contributed by atoms with Gasteiger partial charge in [0.15, 0.2) is 0 Å². The summed E-state index contributed by atoms with van der Waals surface area (Å²) in [6, 6.07) is 21.8. The Balaban J connectivity index is 1.77. The second-order valence-electron chi connectivity index (χ2n) is 6.94. The summed E-state index contributed by atoms with van der Waals surface area (Å²) in [6.07, 6.45) is 2.67. The molecule has 0 bridgehead atoms. The van der Waals surface area contributed by atoms with Gasteiger partial charge in [-0.15, -0.1) is 0 Å². The lowest BCUT2D eigenvalue weighted by Gasteiger charge is -2.08. The van der Waals surface area contributed by atoms with Gasteiger partial charge in [-0.05, 0) is 68.7 Å². The van der Waals surface area contributed by atoms with E-state index in [1.165, 1.54) is 37.7 Å². The van der Waals surface area contributed by atoms with Crippen LogP contribution in [0.5, 0.6) is 0 Å². The van der Waals surface area contributed by atoms with Crippen molar-refractivity contribution < 1.29 is 8.83 Å². The Hall–Kier alpha value is -3.26. The average Bonchev–Trinajstić information content (AvgIpc) is 3.29. The van der Waals surface area contributed by atoms with E-state index < -0.39 is 0 Å². The van der Waals surface area contributed by atoms with Crippen LogP contribution in [0.1, 0.15) is 12.7 Å². The van der Waals surface area contributed by atoms with E-state index in [9.17, 15) is 0 Å². The summed E-state index contributed by atoms with van der Waals surface area (Å²) in [5, 5.41) is 9.82. The van der Waals surface area contributed by atoms with Crippen molar-refractivity contribution in [3.05, 3.63) is 72.7 Å². The highest BCUT2D eigenvalue weighted by Gasteiger charge is 2.10. The first kappa shape index (κ1) is 14.0. The third-order valence-electron chi connectivity index (χ3n) is 5.44. The molecular weight excluding hydrogens is 320 g/mol. The van der Waals surface area contributed by atoms with E-state index in [2.05, 4.69) is 61.5 Å². The van der Waals surface area contributed by atoms with Crippen LogP contribution in [0.3, 0.4) is 0 Å². The van der Waals surface area contributed by atoms with E-state index in [4.69, 9.17) is 8.83 Å². The minimum Gasteiger partial charge on any atom is -0.464 e. The first-order chi connectivity index (χ1) is 12.8. The zero-order valence-electron chi connectivity index (χ0n) is 14.4. The molecule has 0 saturated heterocycles. The van der Waals surface area contributed by atoms with E-state index in [-0.39, 0.29) is 0 Å². The SMILES string of the molecule is CCc1cc2cc3c(ccc4c5cc6ccoc6cc5ccc34)cc2o1. The van der Waals surface area contributed by atoms with Crippen LogP contribution >= 0.6 is 0 Å². The molecule has 0 saturated carbocycles. The summed E-state index contributed by atoms with van der Waals surface area (Å²) in [5.41, 5.74) is 1.90. The van der Waals surface area contributed by atoms with Crippen molar-refractivity contribution in [2.45, 2.75) is 13.3 Å². The third-order valence-corrected chi connectivity index (χ3v) is 5.44. The highest BCUT2D eigenvalue weighted by molar-refractivity contribution is 6.20. The first-order valence-electron chi connectivity index (χ1n) is 8.99. The normalized spacial score (nSPS) is 12.2. The minimum absolute atomic E-state index is 0.914. The maximum atomic E-state index is 5.94. The average molecular weight is 336 g/mol. The van der Waals surface area contributed by atoms with E-state index in [1.54, 1.807) is 6.26 Å². The molecule has 0 aliphatic rings. The fourth-order valence-corrected chi connectivity index (χ4v) is 4.09. The summed E-state index contributed by atoms with van der Waals surface area (Å²) in [5.74, 6) is 1.03. The van der Waals surface area contributed by atoms with Crippen molar-refractivity contribution in [1.29, 1.82) is 0 Å². The van der Waals surface area contributed by atoms with Crippen LogP contribution in [0.2, 0.25) is 0 Å². The number of benzene rings is 4. The van der Waals surface area contributed by atoms with Crippen LogP contribution in [0, 0.1) is 0 Å². The lowest BCUT2D eigenvalue weighted by Crippen LogP contribution is -1.81. The van der Waals surface area contributed by atoms with Gasteiger partial charge in [-0.2, -0.15) is 0 Å². The standard InChI is InChI=1S/C24H16O2/c1-2-18-9-17-11-22-15(13-24(17)26-18)4-6-19-20(22)5-3-14-12-23-16(7-8-25-23)10-21(14)19/h3-13H,2H2,1H3. The van der Waals surface area contributed by atoms with Crippen LogP contribution in [0.15, 0.2) is 75.8 Å². The van der Waals surface area contributed by atoms with Crippen LogP contribution in [0.4, 0.5) is 0 Å². The number of hydrogen-bond donors (Lipinski definition) is 0. The largest absolute Gasteiger partial charge is 0.464 e. The molecule has 2 heterocycles. The Kier molecular flexibility index (Phi) is 2.63. The predicted octanol–water partition coefficient (Wildman–Crippen LogP) is 7.20. The second-order valence-corrected chi connectivity index (χ2v) is 6.94. The highest BCUT2D eigenvalue weighted by atomic mass is 16.3. The summed E-state index contributed by atoms with van der Waals surface area (Å²) in [6.45, 7) is 2.12. The van der Waals surface area contributed by atoms with Crippen molar-refractivity contribution in [2.75, 3.05) is 0 Å². The van der Waals surface area contributed by atoms with Gasteiger partial charge < -0.3 is 8.83 Å². The minimum atomic E-state index is 0.914. The van der Waals surface area contributed by atoms with Gasteiger partial charge in [-0.3, -0.25) is 0 Å². The molecule has 6 rings (SSSR count). The molecule has 0 atom stereocenters. The topological polar surface area (TPSA) is 26.3 Å². The number of hydrogen-bond acceptors (Lipinski definition) is 2. The monoisotopic (exact) mass is 336 g/mol. The van der Waals surface area contributed by atoms with Crippen molar-refractivity contribution in [1.82, 2.24) is 0 Å². The van der Waals surface area contributed by atoms with Gasteiger partial charge in [-0.25, -0.2) is 0 Å². The Labute approximate surface area is 149 Å². The van der Waals surface area contributed by atoms with E-state index >= 15 is 0 Å². The summed E-state index contributed by atoms with van der Waals surface area (Å²) >= 11 is 0. The number of aryl methyl sites for hydroxylation is 1. The lowest BCUT2D eigenvalue weighted by atomic mass is 9.96. The Morgan fingerprint density at radius 1 is 0.615 bits per heavy atom. The first-order valence-corrected chi connectivity index (χ1v) is 8.99. The molecule has 0 fully saturated rings. The Morgan fingerprint density at radius 3 is 2.04 bits per heavy atom. The number of furan rings is 2. The molecule has 0 aliphatic heterocycles. The Morgan fingerprint density at radius 2 is 1.31 bits per heavy atom. The van der Waals surface area contributed by atoms with E-state index in [1.807, 2.05) is 6.07 Å².